The van der Waals surface area contributed by atoms with Crippen molar-refractivity contribution in [3.63, 3.8) is 0 Å². The molecule has 0 aliphatic rings. The number of halogens is 1. The van der Waals surface area contributed by atoms with Gasteiger partial charge in [0, 0.05) is 5.38 Å². The molecule has 1 rings (SSSR count). The highest BCUT2D eigenvalue weighted by Crippen LogP contribution is 2.04. The van der Waals surface area contributed by atoms with Crippen LogP contribution >= 0.6 is 11.6 Å². The molecule has 0 nitrogen and oxygen atoms in total. The molecule has 0 fully saturated rings. The van der Waals surface area contributed by atoms with Crippen molar-refractivity contribution >= 4 is 17.7 Å². The molecule has 1 aromatic rings. The van der Waals surface area contributed by atoms with Gasteiger partial charge >= 0.3 is 0 Å². The van der Waals surface area contributed by atoms with Gasteiger partial charge in [0.2, 0.25) is 0 Å². The van der Waals surface area contributed by atoms with E-state index < -0.39 is 0 Å². The molecule has 0 saturated heterocycles. The molecule has 0 N–H and O–H groups in total. The Bertz CT molecular complexity index is 224. The van der Waals surface area contributed by atoms with Gasteiger partial charge in [-0.15, -0.1) is 11.6 Å². The van der Waals surface area contributed by atoms with Crippen molar-refractivity contribution in [2.45, 2.75) is 12.3 Å². The Kier molecular flexibility index (Phi) is 3.18. The Labute approximate surface area is 72.5 Å². The summed E-state index contributed by atoms with van der Waals surface area (Å²) < 4.78 is 0. The molecule has 0 aromatic heterocycles. The zero-order chi connectivity index (χ0) is 8.10. The normalized spacial score (nSPS) is 13.6. The van der Waals surface area contributed by atoms with Gasteiger partial charge in [0.15, 0.2) is 0 Å². The van der Waals surface area contributed by atoms with E-state index in [0.29, 0.717) is 0 Å². The molecule has 1 aromatic carbocycles. The van der Waals surface area contributed by atoms with Crippen LogP contribution in [-0.4, -0.2) is 5.38 Å². The van der Waals surface area contributed by atoms with Gasteiger partial charge in [-0.2, -0.15) is 0 Å². The number of alkyl halides is 1. The van der Waals surface area contributed by atoms with Gasteiger partial charge in [-0.1, -0.05) is 42.5 Å². The van der Waals surface area contributed by atoms with E-state index in [-0.39, 0.29) is 5.38 Å². The van der Waals surface area contributed by atoms with Crippen LogP contribution in [0.1, 0.15) is 12.5 Å². The van der Waals surface area contributed by atoms with Gasteiger partial charge < -0.3 is 0 Å². The highest BCUT2D eigenvalue weighted by atomic mass is 35.5. The summed E-state index contributed by atoms with van der Waals surface area (Å²) in [4.78, 5) is 0. The Morgan fingerprint density at radius 3 is 2.45 bits per heavy atom. The van der Waals surface area contributed by atoms with E-state index in [1.54, 1.807) is 0 Å². The molecule has 0 aliphatic carbocycles. The molecule has 1 heteroatoms. The molecule has 0 aliphatic heterocycles. The second-order valence-electron chi connectivity index (χ2n) is 2.45. The van der Waals surface area contributed by atoms with Crippen LogP contribution in [0.3, 0.4) is 0 Å². The topological polar surface area (TPSA) is 0 Å². The van der Waals surface area contributed by atoms with Crippen LogP contribution < -0.4 is 0 Å². The minimum atomic E-state index is 0.107. The van der Waals surface area contributed by atoms with Crippen LogP contribution in [0.25, 0.3) is 6.08 Å². The van der Waals surface area contributed by atoms with Gasteiger partial charge in [0.05, 0.1) is 0 Å². The lowest BCUT2D eigenvalue weighted by atomic mass is 10.2. The van der Waals surface area contributed by atoms with E-state index in [1.165, 1.54) is 5.56 Å². The molecule has 0 heterocycles. The average Bonchev–Trinajstić information content (AvgIpc) is 2.03. The molecular weight excluding hydrogens is 156 g/mol. The molecule has 58 valence electrons. The van der Waals surface area contributed by atoms with E-state index in [2.05, 4.69) is 12.1 Å². The Hall–Kier alpha value is -0.750. The summed E-state index contributed by atoms with van der Waals surface area (Å²) in [5.41, 5.74) is 1.19. The molecule has 0 amide bonds. The van der Waals surface area contributed by atoms with Crippen molar-refractivity contribution in [3.05, 3.63) is 42.0 Å². The molecule has 0 radical (unpaired) electrons. The van der Waals surface area contributed by atoms with Crippen molar-refractivity contribution in [1.82, 2.24) is 0 Å². The summed E-state index contributed by atoms with van der Waals surface area (Å²) in [5.74, 6) is 0. The van der Waals surface area contributed by atoms with Crippen molar-refractivity contribution in [2.24, 2.45) is 0 Å². The van der Waals surface area contributed by atoms with E-state index in [1.807, 2.05) is 37.3 Å². The Morgan fingerprint density at radius 1 is 1.27 bits per heavy atom. The lowest BCUT2D eigenvalue weighted by molar-refractivity contribution is 1.24. The lowest BCUT2D eigenvalue weighted by Gasteiger charge is -1.92. The monoisotopic (exact) mass is 166 g/mol. The summed E-state index contributed by atoms with van der Waals surface area (Å²) in [7, 11) is 0. The summed E-state index contributed by atoms with van der Waals surface area (Å²) in [6.45, 7) is 1.95. The summed E-state index contributed by atoms with van der Waals surface area (Å²) >= 11 is 5.74. The van der Waals surface area contributed by atoms with Crippen molar-refractivity contribution in [1.29, 1.82) is 0 Å². The predicted octanol–water partition coefficient (Wildman–Crippen LogP) is 3.33. The van der Waals surface area contributed by atoms with Gasteiger partial charge in [-0.05, 0) is 12.5 Å². The second-order valence-corrected chi connectivity index (χ2v) is 3.14. The van der Waals surface area contributed by atoms with Crippen molar-refractivity contribution < 1.29 is 0 Å². The third-order valence-corrected chi connectivity index (χ3v) is 1.50. The first-order valence-corrected chi connectivity index (χ1v) is 4.10. The minimum absolute atomic E-state index is 0.107. The zero-order valence-corrected chi connectivity index (χ0v) is 7.25. The first-order valence-electron chi connectivity index (χ1n) is 3.66. The van der Waals surface area contributed by atoms with Crippen LogP contribution in [0.4, 0.5) is 0 Å². The highest BCUT2D eigenvalue weighted by Gasteiger charge is 1.86. The average molecular weight is 167 g/mol. The fourth-order valence-electron chi connectivity index (χ4n) is 0.808. The second kappa shape index (κ2) is 4.20. The summed E-state index contributed by atoms with van der Waals surface area (Å²) in [5, 5.41) is 0.107. The molecule has 0 bridgehead atoms. The first-order chi connectivity index (χ1) is 5.29. The third-order valence-electron chi connectivity index (χ3n) is 1.35. The first kappa shape index (κ1) is 8.35. The van der Waals surface area contributed by atoms with E-state index >= 15 is 0 Å². The quantitative estimate of drug-likeness (QED) is 0.592. The molecule has 0 saturated carbocycles. The van der Waals surface area contributed by atoms with Crippen LogP contribution in [0.2, 0.25) is 0 Å². The number of hydrogen-bond acceptors (Lipinski definition) is 0. The molecule has 1 unspecified atom stereocenters. The Balaban J connectivity index is 2.65. The van der Waals surface area contributed by atoms with Crippen LogP contribution in [0.5, 0.6) is 0 Å². The fraction of sp³-hybridized carbons (Fsp3) is 0.200. The number of allylic oxidation sites excluding steroid dienone is 1. The number of benzene rings is 1. The zero-order valence-electron chi connectivity index (χ0n) is 6.50. The SMILES string of the molecule is CC(Cl)C=Cc1ccccc1. The standard InChI is InChI=1S/C10H11Cl/c1-9(11)7-8-10-5-3-2-4-6-10/h2-9H,1H3. The molecular formula is C10H11Cl. The van der Waals surface area contributed by atoms with Crippen molar-refractivity contribution in [3.8, 4) is 0 Å². The minimum Gasteiger partial charge on any atom is -0.119 e. The number of rotatable bonds is 2. The van der Waals surface area contributed by atoms with E-state index in [4.69, 9.17) is 11.6 Å². The smallest absolute Gasteiger partial charge is 0.0491 e. The maximum Gasteiger partial charge on any atom is 0.0491 e. The maximum atomic E-state index is 5.74. The lowest BCUT2D eigenvalue weighted by Crippen LogP contribution is -1.80. The molecule has 1 atom stereocenters. The summed E-state index contributed by atoms with van der Waals surface area (Å²) in [6, 6.07) is 10.1. The maximum absolute atomic E-state index is 5.74. The van der Waals surface area contributed by atoms with Gasteiger partial charge in [-0.25, -0.2) is 0 Å². The third kappa shape index (κ3) is 3.24. The molecule has 0 spiro atoms. The van der Waals surface area contributed by atoms with Crippen LogP contribution in [0, 0.1) is 0 Å². The summed E-state index contributed by atoms with van der Waals surface area (Å²) in [6.07, 6.45) is 3.99. The molecule has 11 heavy (non-hydrogen) atoms. The van der Waals surface area contributed by atoms with Crippen LogP contribution in [0.15, 0.2) is 36.4 Å². The van der Waals surface area contributed by atoms with E-state index in [0.717, 1.165) is 0 Å². The predicted molar refractivity (Wildman–Crippen MR) is 50.8 cm³/mol. The van der Waals surface area contributed by atoms with Gasteiger partial charge in [0.1, 0.15) is 0 Å². The Morgan fingerprint density at radius 2 is 1.91 bits per heavy atom. The van der Waals surface area contributed by atoms with Gasteiger partial charge in [0.25, 0.3) is 0 Å². The highest BCUT2D eigenvalue weighted by molar-refractivity contribution is 6.21. The number of hydrogen-bond donors (Lipinski definition) is 0. The van der Waals surface area contributed by atoms with E-state index in [9.17, 15) is 0 Å². The van der Waals surface area contributed by atoms with Crippen LogP contribution in [-0.2, 0) is 0 Å². The fourth-order valence-corrected chi connectivity index (χ4v) is 0.881. The van der Waals surface area contributed by atoms with Crippen molar-refractivity contribution in [2.75, 3.05) is 0 Å². The van der Waals surface area contributed by atoms with Gasteiger partial charge in [-0.3, -0.25) is 0 Å². The largest absolute Gasteiger partial charge is 0.119 e.